The maximum atomic E-state index is 15.5. The normalized spacial score (nSPS) is 29.9. The molecule has 236 valence electrons. The van der Waals surface area contributed by atoms with E-state index in [0.29, 0.717) is 11.4 Å². The lowest BCUT2D eigenvalue weighted by Gasteiger charge is -2.47. The monoisotopic (exact) mass is 657 g/mol. The molecule has 2 amide bonds. The second-order valence-corrected chi connectivity index (χ2v) is 13.9. The van der Waals surface area contributed by atoms with Gasteiger partial charge in [0.2, 0.25) is 5.91 Å². The number of aryl methyl sites for hydroxylation is 1. The predicted molar refractivity (Wildman–Crippen MR) is 164 cm³/mol. The second kappa shape index (κ2) is 9.73. The molecule has 13 heteroatoms. The second-order valence-electron chi connectivity index (χ2n) is 13.0. The smallest absolute Gasteiger partial charge is 0.313 e. The molecule has 2 unspecified atom stereocenters. The molecule has 1 saturated carbocycles. The lowest BCUT2D eigenvalue weighted by atomic mass is 9.54. The van der Waals surface area contributed by atoms with Gasteiger partial charge in [-0.3, -0.25) is 19.3 Å². The molecule has 1 spiro atoms. The molecule has 4 aliphatic rings. The quantitative estimate of drug-likeness (QED) is 0.342. The van der Waals surface area contributed by atoms with E-state index in [1.807, 2.05) is 30.3 Å². The van der Waals surface area contributed by atoms with Crippen molar-refractivity contribution in [1.82, 2.24) is 14.7 Å². The Labute approximate surface area is 268 Å². The average molecular weight is 659 g/mol. The first-order valence-electron chi connectivity index (χ1n) is 14.8. The molecule has 45 heavy (non-hydrogen) atoms. The minimum atomic E-state index is -3.31. The van der Waals surface area contributed by atoms with Crippen LogP contribution in [0, 0.1) is 23.7 Å². The van der Waals surface area contributed by atoms with Crippen LogP contribution in [0.2, 0.25) is 10.0 Å². The fraction of sp³-hybridized carbons (Fsp3) is 0.438. The van der Waals surface area contributed by atoms with Gasteiger partial charge in [-0.1, -0.05) is 41.4 Å². The topological polar surface area (TPSA) is 108 Å². The van der Waals surface area contributed by atoms with E-state index < -0.39 is 59.1 Å². The van der Waals surface area contributed by atoms with E-state index in [4.69, 9.17) is 23.2 Å². The molecule has 2 N–H and O–H groups in total. The van der Waals surface area contributed by atoms with Gasteiger partial charge in [-0.05, 0) is 63.8 Å². The Morgan fingerprint density at radius 1 is 1.16 bits per heavy atom. The Hall–Kier alpha value is -3.54. The summed E-state index contributed by atoms with van der Waals surface area (Å²) in [4.78, 5) is 46.0. The van der Waals surface area contributed by atoms with Crippen LogP contribution in [0.4, 0.5) is 20.2 Å². The van der Waals surface area contributed by atoms with Crippen molar-refractivity contribution in [3.05, 3.63) is 70.0 Å². The van der Waals surface area contributed by atoms with Crippen molar-refractivity contribution < 1.29 is 28.3 Å². The first-order chi connectivity index (χ1) is 21.2. The Morgan fingerprint density at radius 2 is 1.84 bits per heavy atom. The van der Waals surface area contributed by atoms with Crippen LogP contribution in [0.25, 0.3) is 5.69 Å². The summed E-state index contributed by atoms with van der Waals surface area (Å²) in [6.07, 6.45) is 2.63. The van der Waals surface area contributed by atoms with E-state index in [1.165, 1.54) is 35.8 Å². The van der Waals surface area contributed by atoms with Gasteiger partial charge in [0.25, 0.3) is 11.8 Å². The number of hydrogen-bond acceptors (Lipinski definition) is 5. The van der Waals surface area contributed by atoms with Gasteiger partial charge in [0.15, 0.2) is 0 Å². The standard InChI is InChI=1S/C32H31Cl2F2N5O4/c1-17-23(15-41(38-17)20-7-5-4-6-8-20)39(14-18-9-10-18)27(43)29(2)24-13-31(35,36)16-40(24)32(30(29,3)28(44)45)21-11-19(33)12-22(34)25(21)37-26(32)42/h4-8,11-12,15,18,24H,9-10,13-14,16H2,1-3H3,(H,37,42)(H,44,45)/t24-,29?,30?,32-/m1/s1. The lowest BCUT2D eigenvalue weighted by Crippen LogP contribution is -2.64. The zero-order chi connectivity index (χ0) is 32.3. The van der Waals surface area contributed by atoms with Gasteiger partial charge in [-0.15, -0.1) is 0 Å². The number of benzene rings is 2. The maximum absolute atomic E-state index is 15.5. The van der Waals surface area contributed by atoms with Gasteiger partial charge < -0.3 is 15.3 Å². The molecule has 0 radical (unpaired) electrons. The highest BCUT2D eigenvalue weighted by atomic mass is 35.5. The SMILES string of the molecule is Cc1nn(-c2ccccc2)cc1N(CC1CC1)C(=O)C1(C)[C@H]2CC(F)(F)CN2[C@]2(C(=O)Nc3c(Cl)cc(Cl)cc32)C1(C)C(=O)O. The number of aromatic nitrogens is 2. The number of nitrogens with zero attached hydrogens (tertiary/aromatic N) is 4. The molecule has 1 aromatic heterocycles. The van der Waals surface area contributed by atoms with Crippen molar-refractivity contribution in [2.24, 2.45) is 16.7 Å². The number of alkyl halides is 2. The number of carbonyl (C=O) groups excluding carboxylic acids is 2. The highest BCUT2D eigenvalue weighted by molar-refractivity contribution is 6.38. The van der Waals surface area contributed by atoms with Crippen LogP contribution >= 0.6 is 23.2 Å². The predicted octanol–water partition coefficient (Wildman–Crippen LogP) is 5.90. The molecule has 1 aliphatic carbocycles. The number of carboxylic acids is 1. The number of rotatable bonds is 6. The molecule has 3 fully saturated rings. The number of hydrogen-bond donors (Lipinski definition) is 2. The number of carboxylic acid groups (broad SMARTS) is 1. The fourth-order valence-electron chi connectivity index (χ4n) is 8.07. The summed E-state index contributed by atoms with van der Waals surface area (Å²) >= 11 is 12.9. The Bertz CT molecular complexity index is 1780. The van der Waals surface area contributed by atoms with Crippen LogP contribution in [0.5, 0.6) is 0 Å². The molecule has 9 nitrogen and oxygen atoms in total. The molecular formula is C32H31Cl2F2N5O4. The zero-order valence-electron chi connectivity index (χ0n) is 24.8. The minimum absolute atomic E-state index is 0.0391. The molecule has 7 rings (SSSR count). The van der Waals surface area contributed by atoms with Gasteiger partial charge in [0, 0.05) is 29.6 Å². The van der Waals surface area contributed by atoms with Crippen LogP contribution in [-0.4, -0.2) is 62.6 Å². The summed E-state index contributed by atoms with van der Waals surface area (Å²) in [5.74, 6) is -6.13. The molecule has 3 aromatic rings. The summed E-state index contributed by atoms with van der Waals surface area (Å²) < 4.78 is 32.7. The van der Waals surface area contributed by atoms with Crippen molar-refractivity contribution in [3.8, 4) is 5.69 Å². The molecular weight excluding hydrogens is 627 g/mol. The van der Waals surface area contributed by atoms with Crippen molar-refractivity contribution in [1.29, 1.82) is 0 Å². The Kier molecular flexibility index (Phi) is 6.52. The summed E-state index contributed by atoms with van der Waals surface area (Å²) in [6.45, 7) is 3.82. The maximum Gasteiger partial charge on any atom is 0.313 e. The molecule has 0 bridgehead atoms. The third kappa shape index (κ3) is 3.93. The molecule has 3 aliphatic heterocycles. The van der Waals surface area contributed by atoms with Gasteiger partial charge in [-0.25, -0.2) is 13.5 Å². The number of aliphatic carboxylic acids is 1. The van der Waals surface area contributed by atoms with Crippen molar-refractivity contribution >= 4 is 52.4 Å². The molecule has 4 atom stereocenters. The molecule has 2 aromatic carbocycles. The highest BCUT2D eigenvalue weighted by Crippen LogP contribution is 2.71. The summed E-state index contributed by atoms with van der Waals surface area (Å²) in [5.41, 5.74) is -4.61. The summed E-state index contributed by atoms with van der Waals surface area (Å²) in [7, 11) is 0. The van der Waals surface area contributed by atoms with Gasteiger partial charge in [0.05, 0.1) is 45.9 Å². The van der Waals surface area contributed by atoms with Crippen molar-refractivity contribution in [3.63, 3.8) is 0 Å². The van der Waals surface area contributed by atoms with E-state index >= 15 is 13.6 Å². The van der Waals surface area contributed by atoms with Gasteiger partial charge in [0.1, 0.15) is 11.0 Å². The van der Waals surface area contributed by atoms with Crippen LogP contribution in [0.15, 0.2) is 48.7 Å². The molecule has 2 saturated heterocycles. The Balaban J connectivity index is 1.46. The fourth-order valence-corrected chi connectivity index (χ4v) is 8.61. The Morgan fingerprint density at radius 3 is 2.49 bits per heavy atom. The van der Waals surface area contributed by atoms with E-state index in [1.54, 1.807) is 17.8 Å². The number of halogens is 4. The minimum Gasteiger partial charge on any atom is -0.481 e. The lowest BCUT2D eigenvalue weighted by molar-refractivity contribution is -0.170. The highest BCUT2D eigenvalue weighted by Gasteiger charge is 2.85. The zero-order valence-corrected chi connectivity index (χ0v) is 26.3. The van der Waals surface area contributed by atoms with Crippen molar-refractivity contribution in [2.75, 3.05) is 23.3 Å². The summed E-state index contributed by atoms with van der Waals surface area (Å²) in [6, 6.07) is 10.8. The van der Waals surface area contributed by atoms with Crippen molar-refractivity contribution in [2.45, 2.75) is 57.5 Å². The van der Waals surface area contributed by atoms with E-state index in [2.05, 4.69) is 10.4 Å². The van der Waals surface area contributed by atoms with Crippen LogP contribution in [0.3, 0.4) is 0 Å². The number of anilines is 2. The third-order valence-electron chi connectivity index (χ3n) is 10.6. The first kappa shape index (κ1) is 30.1. The average Bonchev–Trinajstić information content (AvgIpc) is 3.47. The van der Waals surface area contributed by atoms with Gasteiger partial charge in [-0.2, -0.15) is 5.10 Å². The largest absolute Gasteiger partial charge is 0.481 e. The first-order valence-corrected chi connectivity index (χ1v) is 15.5. The molecule has 4 heterocycles. The number of para-hydroxylation sites is 1. The van der Waals surface area contributed by atoms with Gasteiger partial charge >= 0.3 is 5.97 Å². The number of fused-ring (bicyclic) bond motifs is 4. The number of carbonyl (C=O) groups is 3. The number of nitrogens with one attached hydrogen (secondary N) is 1. The van der Waals surface area contributed by atoms with Crippen LogP contribution in [-0.2, 0) is 19.9 Å². The van der Waals surface area contributed by atoms with E-state index in [9.17, 15) is 14.7 Å². The van der Waals surface area contributed by atoms with E-state index in [-0.39, 0.29) is 33.8 Å². The van der Waals surface area contributed by atoms with Crippen LogP contribution < -0.4 is 10.2 Å². The van der Waals surface area contributed by atoms with Crippen LogP contribution in [0.1, 0.15) is 44.4 Å². The van der Waals surface area contributed by atoms with E-state index in [0.717, 1.165) is 18.5 Å². The number of amides is 2. The third-order valence-corrected chi connectivity index (χ3v) is 11.1. The summed E-state index contributed by atoms with van der Waals surface area (Å²) in [5, 5.41) is 18.6.